The third-order valence-electron chi connectivity index (χ3n) is 8.26. The molecule has 1 heterocycles. The number of hydrogen-bond donors (Lipinski definition) is 0. The summed E-state index contributed by atoms with van der Waals surface area (Å²) in [5, 5.41) is 0. The van der Waals surface area contributed by atoms with E-state index in [4.69, 9.17) is 0 Å². The molecule has 3 aliphatic rings. The van der Waals surface area contributed by atoms with Crippen LogP contribution in [0.4, 0.5) is 11.4 Å². The van der Waals surface area contributed by atoms with Crippen LogP contribution in [0, 0.1) is 5.92 Å². The van der Waals surface area contributed by atoms with E-state index in [0.29, 0.717) is 17.9 Å². The molecule has 0 saturated heterocycles. The number of rotatable bonds is 4. The van der Waals surface area contributed by atoms with Crippen molar-refractivity contribution < 1.29 is 0 Å². The van der Waals surface area contributed by atoms with E-state index < -0.39 is 0 Å². The van der Waals surface area contributed by atoms with Crippen molar-refractivity contribution in [1.82, 2.24) is 0 Å². The monoisotopic (exact) mass is 431 g/mol. The molecule has 3 atom stereocenters. The molecule has 1 heteroatoms. The van der Waals surface area contributed by atoms with E-state index in [2.05, 4.69) is 118 Å². The molecule has 166 valence electrons. The summed E-state index contributed by atoms with van der Waals surface area (Å²) in [7, 11) is 0. The summed E-state index contributed by atoms with van der Waals surface area (Å²) in [5.41, 5.74) is 11.5. The van der Waals surface area contributed by atoms with Gasteiger partial charge in [0.15, 0.2) is 0 Å². The summed E-state index contributed by atoms with van der Waals surface area (Å²) in [4.78, 5) is 2.65. The lowest BCUT2D eigenvalue weighted by atomic mass is 9.73. The molecule has 3 aromatic carbocycles. The minimum absolute atomic E-state index is 0.00817. The Morgan fingerprint density at radius 3 is 2.58 bits per heavy atom. The quantitative estimate of drug-likeness (QED) is 0.402. The van der Waals surface area contributed by atoms with Crippen molar-refractivity contribution in [3.05, 3.63) is 113 Å². The van der Waals surface area contributed by atoms with Gasteiger partial charge in [-0.15, -0.1) is 0 Å². The highest BCUT2D eigenvalue weighted by atomic mass is 15.2. The molecule has 6 rings (SSSR count). The summed E-state index contributed by atoms with van der Waals surface area (Å²) < 4.78 is 0. The maximum absolute atomic E-state index is 2.65. The molecule has 1 nitrogen and oxygen atoms in total. The highest BCUT2D eigenvalue weighted by molar-refractivity contribution is 5.91. The first-order valence-corrected chi connectivity index (χ1v) is 12.5. The van der Waals surface area contributed by atoms with Gasteiger partial charge in [0, 0.05) is 22.7 Å². The van der Waals surface area contributed by atoms with Crippen LogP contribution in [0.15, 0.2) is 90.5 Å². The van der Waals surface area contributed by atoms with Crippen molar-refractivity contribution in [2.45, 2.75) is 57.9 Å². The van der Waals surface area contributed by atoms with E-state index in [1.165, 1.54) is 45.6 Å². The normalized spacial score (nSPS) is 22.6. The van der Waals surface area contributed by atoms with Crippen LogP contribution < -0.4 is 4.90 Å². The highest BCUT2D eigenvalue weighted by Gasteiger charge is 2.50. The van der Waals surface area contributed by atoms with Gasteiger partial charge in [-0.1, -0.05) is 101 Å². The molecule has 0 fully saturated rings. The Labute approximate surface area is 198 Å². The Hall–Kier alpha value is -3.06. The fourth-order valence-electron chi connectivity index (χ4n) is 6.46. The Bertz CT molecular complexity index is 1290. The molecule has 0 spiro atoms. The van der Waals surface area contributed by atoms with Crippen LogP contribution in [0.2, 0.25) is 0 Å². The van der Waals surface area contributed by atoms with E-state index in [1.54, 1.807) is 5.57 Å². The van der Waals surface area contributed by atoms with Gasteiger partial charge in [0.25, 0.3) is 0 Å². The number of hydrogen-bond acceptors (Lipinski definition) is 1. The molecule has 1 aliphatic heterocycles. The van der Waals surface area contributed by atoms with Crippen LogP contribution in [-0.4, -0.2) is 6.04 Å². The van der Waals surface area contributed by atoms with E-state index in [9.17, 15) is 0 Å². The average molecular weight is 432 g/mol. The van der Waals surface area contributed by atoms with E-state index in [0.717, 1.165) is 6.42 Å². The Morgan fingerprint density at radius 2 is 1.73 bits per heavy atom. The molecule has 33 heavy (non-hydrogen) atoms. The summed E-state index contributed by atoms with van der Waals surface area (Å²) in [6.07, 6.45) is 7.22. The number of nitrogens with zero attached hydrogens (tertiary/aromatic N) is 1. The van der Waals surface area contributed by atoms with Gasteiger partial charge >= 0.3 is 0 Å². The molecule has 2 unspecified atom stereocenters. The third-order valence-corrected chi connectivity index (χ3v) is 8.26. The second kappa shape index (κ2) is 7.48. The predicted octanol–water partition coefficient (Wildman–Crippen LogP) is 8.19. The van der Waals surface area contributed by atoms with Crippen LogP contribution >= 0.6 is 0 Å². The fourth-order valence-corrected chi connectivity index (χ4v) is 6.46. The van der Waals surface area contributed by atoms with Crippen molar-refractivity contribution in [2.24, 2.45) is 5.92 Å². The van der Waals surface area contributed by atoms with Gasteiger partial charge in [0.1, 0.15) is 0 Å². The Morgan fingerprint density at radius 1 is 0.939 bits per heavy atom. The lowest BCUT2D eigenvalue weighted by Gasteiger charge is -2.39. The summed E-state index contributed by atoms with van der Waals surface area (Å²) in [6.45, 7) is 9.49. The summed E-state index contributed by atoms with van der Waals surface area (Å²) in [6, 6.07) is 27.7. The van der Waals surface area contributed by atoms with Gasteiger partial charge in [0.05, 0.1) is 6.04 Å². The maximum atomic E-state index is 2.65. The zero-order chi connectivity index (χ0) is 22.7. The first kappa shape index (κ1) is 20.5. The molecular formula is C32H33N. The lowest BCUT2D eigenvalue weighted by Crippen LogP contribution is -2.38. The smallest absolute Gasteiger partial charge is 0.0673 e. The molecule has 0 amide bonds. The minimum atomic E-state index is 0.00817. The van der Waals surface area contributed by atoms with E-state index >= 15 is 0 Å². The fraction of sp³-hybridized carbons (Fsp3) is 0.312. The van der Waals surface area contributed by atoms with Crippen LogP contribution in [-0.2, 0) is 11.8 Å². The predicted molar refractivity (Wildman–Crippen MR) is 140 cm³/mol. The maximum Gasteiger partial charge on any atom is 0.0673 e. The Balaban J connectivity index is 1.53. The van der Waals surface area contributed by atoms with Gasteiger partial charge < -0.3 is 4.90 Å². The van der Waals surface area contributed by atoms with Crippen molar-refractivity contribution in [1.29, 1.82) is 0 Å². The highest BCUT2D eigenvalue weighted by Crippen LogP contribution is 2.58. The van der Waals surface area contributed by atoms with Crippen molar-refractivity contribution in [3.63, 3.8) is 0 Å². The topological polar surface area (TPSA) is 3.24 Å². The molecule has 0 saturated carbocycles. The molecule has 0 bridgehead atoms. The van der Waals surface area contributed by atoms with Crippen molar-refractivity contribution in [3.8, 4) is 0 Å². The number of allylic oxidation sites excluding steroid dienone is 2. The van der Waals surface area contributed by atoms with E-state index in [1.807, 2.05) is 0 Å². The van der Waals surface area contributed by atoms with Gasteiger partial charge in [0.2, 0.25) is 0 Å². The van der Waals surface area contributed by atoms with Crippen molar-refractivity contribution in [2.75, 3.05) is 4.90 Å². The van der Waals surface area contributed by atoms with Gasteiger partial charge in [-0.3, -0.25) is 0 Å². The first-order valence-electron chi connectivity index (χ1n) is 12.5. The summed E-state index contributed by atoms with van der Waals surface area (Å²) >= 11 is 0. The molecule has 0 N–H and O–H groups in total. The molecule has 0 radical (unpaired) electrons. The molecular weight excluding hydrogens is 398 g/mol. The number of fused-ring (bicyclic) bond motifs is 6. The number of anilines is 2. The van der Waals surface area contributed by atoms with Crippen LogP contribution in [0.5, 0.6) is 0 Å². The van der Waals surface area contributed by atoms with Crippen LogP contribution in [0.1, 0.15) is 62.3 Å². The Kier molecular flexibility index (Phi) is 4.66. The SMILES string of the molecule is CC[C@@H](C)Cc1cccc(N2c3ccccc3C3C=CC4=C(C32)C(C)(C)c2ccccc24)c1. The number of benzene rings is 3. The second-order valence-corrected chi connectivity index (χ2v) is 10.6. The largest absolute Gasteiger partial charge is 0.333 e. The minimum Gasteiger partial charge on any atom is -0.333 e. The first-order chi connectivity index (χ1) is 16.0. The van der Waals surface area contributed by atoms with Gasteiger partial charge in [-0.25, -0.2) is 0 Å². The van der Waals surface area contributed by atoms with E-state index in [-0.39, 0.29) is 5.41 Å². The lowest BCUT2D eigenvalue weighted by molar-refractivity contribution is 0.551. The third kappa shape index (κ3) is 2.98. The van der Waals surface area contributed by atoms with Gasteiger partial charge in [-0.05, 0) is 63.9 Å². The zero-order valence-electron chi connectivity index (χ0n) is 20.2. The van der Waals surface area contributed by atoms with Crippen LogP contribution in [0.25, 0.3) is 5.57 Å². The standard InChI is InChI=1S/C32H33N/c1-5-21(2)19-22-11-10-12-23(20-22)33-29-16-9-7-14-25(29)27-18-17-26-24-13-6-8-15-28(24)32(3,4)30(26)31(27)33/h6-18,20-21,27,31H,5,19H2,1-4H3/t21-,27?,31?/m1/s1. The molecule has 2 aliphatic carbocycles. The second-order valence-electron chi connectivity index (χ2n) is 10.6. The van der Waals surface area contributed by atoms with Crippen LogP contribution in [0.3, 0.4) is 0 Å². The summed E-state index contributed by atoms with van der Waals surface area (Å²) in [5.74, 6) is 1.08. The molecule has 0 aromatic heterocycles. The molecule has 3 aromatic rings. The van der Waals surface area contributed by atoms with Crippen molar-refractivity contribution >= 4 is 16.9 Å². The zero-order valence-corrected chi connectivity index (χ0v) is 20.2. The average Bonchev–Trinajstić information content (AvgIpc) is 3.29. The number of para-hydroxylation sites is 1. The van der Waals surface area contributed by atoms with Gasteiger partial charge in [-0.2, -0.15) is 0 Å².